The molecular weight excluding hydrogens is 506 g/mol. The second-order valence-corrected chi connectivity index (χ2v) is 8.79. The zero-order chi connectivity index (χ0) is 24.5. The van der Waals surface area contributed by atoms with Crippen molar-refractivity contribution in [3.05, 3.63) is 52.2 Å². The maximum absolute atomic E-state index is 14.8. The summed E-state index contributed by atoms with van der Waals surface area (Å²) in [7, 11) is 1.53. The van der Waals surface area contributed by atoms with Crippen molar-refractivity contribution in [2.45, 2.75) is 26.3 Å². The molecule has 0 saturated carbocycles. The number of anilines is 2. The van der Waals surface area contributed by atoms with E-state index in [1.807, 2.05) is 17.9 Å². The monoisotopic (exact) mass is 534 g/mol. The van der Waals surface area contributed by atoms with E-state index in [1.165, 1.54) is 13.2 Å². The number of nitrogens with zero attached hydrogens (tertiary/aromatic N) is 4. The van der Waals surface area contributed by atoms with Crippen molar-refractivity contribution in [3.63, 3.8) is 0 Å². The Balaban J connectivity index is 0.00000304. The molecular formula is C25H29ClFN4O4P. The number of aromatic nitrogens is 2. The van der Waals surface area contributed by atoms with Crippen molar-refractivity contribution < 1.29 is 23.4 Å². The number of halogens is 2. The highest BCUT2D eigenvalue weighted by atomic mass is 35.5. The largest absolute Gasteiger partial charge is 0.467 e. The summed E-state index contributed by atoms with van der Waals surface area (Å²) in [5.41, 5.74) is 2.05. The number of aryl methyl sites for hydroxylation is 1. The number of methoxy groups -OCH3 is 1. The minimum atomic E-state index is -0.316. The van der Waals surface area contributed by atoms with Gasteiger partial charge in [-0.1, -0.05) is 13.0 Å². The highest BCUT2D eigenvalue weighted by Gasteiger charge is 2.37. The van der Waals surface area contributed by atoms with E-state index in [0.29, 0.717) is 72.2 Å². The van der Waals surface area contributed by atoms with Crippen molar-refractivity contribution in [1.82, 2.24) is 9.97 Å². The number of ether oxygens (including phenoxy) is 3. The molecule has 8 nitrogen and oxygen atoms in total. The van der Waals surface area contributed by atoms with Crippen LogP contribution in [0.4, 0.5) is 15.9 Å². The molecule has 1 unspecified atom stereocenters. The topological polar surface area (TPSA) is 77.0 Å². The fourth-order valence-corrected chi connectivity index (χ4v) is 4.95. The van der Waals surface area contributed by atoms with Crippen LogP contribution in [-0.2, 0) is 22.4 Å². The van der Waals surface area contributed by atoms with E-state index >= 15 is 0 Å². The Labute approximate surface area is 217 Å². The lowest BCUT2D eigenvalue weighted by molar-refractivity contribution is 0.0512. The van der Waals surface area contributed by atoms with Crippen LogP contribution in [-0.4, -0.2) is 56.1 Å². The average Bonchev–Trinajstić information content (AvgIpc) is 3.02. The molecule has 1 aromatic heterocycles. The van der Waals surface area contributed by atoms with Gasteiger partial charge in [0.25, 0.3) is 5.91 Å². The number of hydrogen-bond acceptors (Lipinski definition) is 7. The number of benzene rings is 2. The molecule has 0 bridgehead atoms. The van der Waals surface area contributed by atoms with Gasteiger partial charge < -0.3 is 24.0 Å². The third-order valence-electron chi connectivity index (χ3n) is 6.33. The molecule has 3 heterocycles. The van der Waals surface area contributed by atoms with Crippen molar-refractivity contribution in [2.24, 2.45) is 0 Å². The zero-order valence-electron chi connectivity index (χ0n) is 20.4. The van der Waals surface area contributed by atoms with E-state index in [2.05, 4.69) is 9.97 Å². The van der Waals surface area contributed by atoms with Crippen LogP contribution >= 0.6 is 21.5 Å². The van der Waals surface area contributed by atoms with Crippen LogP contribution in [0.2, 0.25) is 5.28 Å². The molecule has 36 heavy (non-hydrogen) atoms. The van der Waals surface area contributed by atoms with Gasteiger partial charge in [-0.05, 0) is 47.5 Å². The number of rotatable bonds is 6. The maximum atomic E-state index is 14.8. The number of fused-ring (bicyclic) bond motifs is 2. The molecule has 1 amide bonds. The first kappa shape index (κ1) is 26.5. The molecule has 0 aliphatic carbocycles. The van der Waals surface area contributed by atoms with E-state index < -0.39 is 0 Å². The number of carbonyl (C=O) groups excluding carboxylic acids is 1. The van der Waals surface area contributed by atoms with Crippen molar-refractivity contribution in [1.29, 1.82) is 0 Å². The third-order valence-corrected chi connectivity index (χ3v) is 6.50. The molecule has 192 valence electrons. The van der Waals surface area contributed by atoms with Gasteiger partial charge in [0, 0.05) is 38.3 Å². The molecule has 0 radical (unpaired) electrons. The summed E-state index contributed by atoms with van der Waals surface area (Å²) in [5, 5.41) is 1.52. The van der Waals surface area contributed by atoms with E-state index in [0.717, 1.165) is 11.8 Å². The van der Waals surface area contributed by atoms with Gasteiger partial charge in [-0.2, -0.15) is 14.9 Å². The van der Waals surface area contributed by atoms with Crippen LogP contribution in [0, 0.1) is 5.82 Å². The number of amides is 1. The summed E-state index contributed by atoms with van der Waals surface area (Å²) in [4.78, 5) is 26.3. The molecule has 2 aliphatic rings. The van der Waals surface area contributed by atoms with Gasteiger partial charge in [0.2, 0.25) is 5.28 Å². The molecule has 1 saturated heterocycles. The van der Waals surface area contributed by atoms with Gasteiger partial charge in [0.15, 0.2) is 6.79 Å². The summed E-state index contributed by atoms with van der Waals surface area (Å²) >= 11 is 6.28. The lowest BCUT2D eigenvalue weighted by Gasteiger charge is -2.23. The molecule has 2 aromatic carbocycles. The second-order valence-electron chi connectivity index (χ2n) is 8.45. The second kappa shape index (κ2) is 11.2. The van der Waals surface area contributed by atoms with Crippen LogP contribution in [0.25, 0.3) is 10.8 Å². The first-order valence-corrected chi connectivity index (χ1v) is 12.0. The van der Waals surface area contributed by atoms with Crippen molar-refractivity contribution in [2.75, 3.05) is 50.0 Å². The molecule has 1 atom stereocenters. The van der Waals surface area contributed by atoms with Crippen molar-refractivity contribution >= 4 is 49.7 Å². The van der Waals surface area contributed by atoms with E-state index in [4.69, 9.17) is 25.8 Å². The zero-order valence-corrected chi connectivity index (χ0v) is 22.5. The molecule has 0 spiro atoms. The third kappa shape index (κ3) is 4.85. The Kier molecular flexibility index (Phi) is 8.25. The summed E-state index contributed by atoms with van der Waals surface area (Å²) in [5.74, 6) is 0.453. The van der Waals surface area contributed by atoms with Gasteiger partial charge in [0.05, 0.1) is 24.5 Å². The summed E-state index contributed by atoms with van der Waals surface area (Å²) in [6.07, 6.45) is 1.28. The Bertz CT molecular complexity index is 1290. The molecule has 2 aliphatic heterocycles. The molecule has 0 N–H and O–H groups in total. The Hall–Kier alpha value is -2.58. The van der Waals surface area contributed by atoms with E-state index in [-0.39, 0.29) is 40.2 Å². The minimum absolute atomic E-state index is 0. The first-order chi connectivity index (χ1) is 17.0. The van der Waals surface area contributed by atoms with Crippen LogP contribution in [0.1, 0.15) is 35.0 Å². The Morgan fingerprint density at radius 3 is 2.81 bits per heavy atom. The van der Waals surface area contributed by atoms with Gasteiger partial charge in [-0.15, -0.1) is 0 Å². The minimum Gasteiger partial charge on any atom is -0.467 e. The number of hydrogen-bond donors (Lipinski definition) is 0. The molecule has 5 rings (SSSR count). The van der Waals surface area contributed by atoms with E-state index in [9.17, 15) is 9.18 Å². The Morgan fingerprint density at radius 1 is 1.19 bits per heavy atom. The van der Waals surface area contributed by atoms with Gasteiger partial charge >= 0.3 is 0 Å². The van der Waals surface area contributed by atoms with Gasteiger partial charge in [-0.3, -0.25) is 4.79 Å². The molecule has 11 heteroatoms. The van der Waals surface area contributed by atoms with Crippen LogP contribution in [0.15, 0.2) is 24.3 Å². The maximum Gasteiger partial charge on any atom is 0.264 e. The lowest BCUT2D eigenvalue weighted by atomic mass is 9.99. The average molecular weight is 535 g/mol. The quantitative estimate of drug-likeness (QED) is 0.263. The first-order valence-electron chi connectivity index (χ1n) is 11.6. The van der Waals surface area contributed by atoms with E-state index in [1.54, 1.807) is 17.0 Å². The normalized spacial score (nSPS) is 15.6. The number of carbonyl (C=O) groups is 1. The lowest BCUT2D eigenvalue weighted by Crippen LogP contribution is -2.30. The molecule has 1 fully saturated rings. The van der Waals surface area contributed by atoms with Crippen LogP contribution in [0.3, 0.4) is 0 Å². The fraction of sp³-hybridized carbons (Fsp3) is 0.400. The van der Waals surface area contributed by atoms with Crippen LogP contribution < -0.4 is 14.5 Å². The SMILES string of the molecule is CCc1c(F)ccc2cc(OCOC)cc(N3Cc4nc(Cl)nc(N5CCCOCC5)c4C3=O)c12.P. The fourth-order valence-electron chi connectivity index (χ4n) is 4.77. The van der Waals surface area contributed by atoms with Gasteiger partial charge in [-0.25, -0.2) is 9.37 Å². The summed E-state index contributed by atoms with van der Waals surface area (Å²) < 4.78 is 31.2. The van der Waals surface area contributed by atoms with Crippen LogP contribution in [0.5, 0.6) is 5.75 Å². The predicted molar refractivity (Wildman–Crippen MR) is 142 cm³/mol. The van der Waals surface area contributed by atoms with Gasteiger partial charge in [0.1, 0.15) is 22.9 Å². The highest BCUT2D eigenvalue weighted by molar-refractivity contribution is 6.92. The smallest absolute Gasteiger partial charge is 0.264 e. The predicted octanol–water partition coefficient (Wildman–Crippen LogP) is 4.41. The standard InChI is InChI=1S/C25H26ClFN4O4.H3P/c1-3-17-18(27)6-5-15-11-16(35-14-33-2)12-20(21(15)17)31-13-19-22(24(31)32)23(29-25(26)28-19)30-7-4-9-34-10-8-30;/h5-6,11-12H,3-4,7-10,13-14H2,1-2H3;1H3. The summed E-state index contributed by atoms with van der Waals surface area (Å²) in [6, 6.07) is 6.71. The highest BCUT2D eigenvalue weighted by Crippen LogP contribution is 2.41. The molecule has 3 aromatic rings. The Morgan fingerprint density at radius 2 is 2.03 bits per heavy atom. The summed E-state index contributed by atoms with van der Waals surface area (Å²) in [6.45, 7) is 4.62. The van der Waals surface area contributed by atoms with Crippen molar-refractivity contribution in [3.8, 4) is 5.75 Å².